The van der Waals surface area contributed by atoms with Gasteiger partial charge in [0.1, 0.15) is 6.04 Å². The predicted octanol–water partition coefficient (Wildman–Crippen LogP) is 0.320. The minimum atomic E-state index is -0.931. The molecule has 5 rings (SSSR count). The fourth-order valence-electron chi connectivity index (χ4n) is 5.32. The highest BCUT2D eigenvalue weighted by Gasteiger charge is 2.46. The fraction of sp³-hybridized carbons (Fsp3) is 0.524. The number of hydrogen-bond acceptors (Lipinski definition) is 6. The molecule has 3 aliphatic heterocycles. The number of nitrogens with one attached hydrogen (secondary N) is 3. The second kappa shape index (κ2) is 6.74. The lowest BCUT2D eigenvalue weighted by atomic mass is 9.87. The van der Waals surface area contributed by atoms with E-state index in [1.165, 1.54) is 19.3 Å². The lowest BCUT2D eigenvalue weighted by molar-refractivity contribution is -0.136. The van der Waals surface area contributed by atoms with E-state index in [1.807, 2.05) is 6.07 Å². The van der Waals surface area contributed by atoms with Gasteiger partial charge in [0.2, 0.25) is 11.8 Å². The summed E-state index contributed by atoms with van der Waals surface area (Å²) < 4.78 is 0. The van der Waals surface area contributed by atoms with Gasteiger partial charge in [-0.3, -0.25) is 29.4 Å². The Kier molecular flexibility index (Phi) is 4.29. The quantitative estimate of drug-likeness (QED) is 0.619. The number of carbonyl (C=O) groups is 4. The molecule has 0 spiro atoms. The van der Waals surface area contributed by atoms with Crippen molar-refractivity contribution in [1.82, 2.24) is 20.9 Å². The van der Waals surface area contributed by atoms with E-state index in [1.54, 1.807) is 12.1 Å². The van der Waals surface area contributed by atoms with Crippen LogP contribution in [0.1, 0.15) is 58.4 Å². The van der Waals surface area contributed by atoms with Crippen molar-refractivity contribution in [3.63, 3.8) is 0 Å². The molecule has 2 bridgehead atoms. The maximum Gasteiger partial charge on any atom is 0.262 e. The Balaban J connectivity index is 1.33. The van der Waals surface area contributed by atoms with Gasteiger partial charge in [0.15, 0.2) is 0 Å². The molecule has 1 saturated carbocycles. The van der Waals surface area contributed by atoms with Gasteiger partial charge in [0.25, 0.3) is 11.8 Å². The van der Waals surface area contributed by atoms with Gasteiger partial charge in [-0.15, -0.1) is 0 Å². The van der Waals surface area contributed by atoms with Gasteiger partial charge in [-0.05, 0) is 42.7 Å². The second-order valence-electron chi connectivity index (χ2n) is 8.71. The summed E-state index contributed by atoms with van der Waals surface area (Å²) in [6.07, 6.45) is 3.91. The summed E-state index contributed by atoms with van der Waals surface area (Å²) in [5.74, 6) is -1.86. The molecule has 3 unspecified atom stereocenters. The highest BCUT2D eigenvalue weighted by Crippen LogP contribution is 2.42. The van der Waals surface area contributed by atoms with Gasteiger partial charge in [-0.25, -0.2) is 0 Å². The van der Waals surface area contributed by atoms with E-state index in [4.69, 9.17) is 0 Å². The van der Waals surface area contributed by atoms with Crippen molar-refractivity contribution in [3.8, 4) is 0 Å². The molecule has 3 fully saturated rings. The molecule has 3 atom stereocenters. The van der Waals surface area contributed by atoms with Crippen LogP contribution in [0.5, 0.6) is 0 Å². The summed E-state index contributed by atoms with van der Waals surface area (Å²) in [5.41, 5.74) is 1.77. The SMILES string of the molecule is O=C1CCC(N2C(=O)c3cccc(CNCC45CCC(C4)NC5)c3C2=O)C(=O)N1. The number of piperidine rings is 2. The van der Waals surface area contributed by atoms with E-state index in [2.05, 4.69) is 16.0 Å². The van der Waals surface area contributed by atoms with E-state index < -0.39 is 23.8 Å². The predicted molar refractivity (Wildman–Crippen MR) is 103 cm³/mol. The zero-order valence-electron chi connectivity index (χ0n) is 16.1. The summed E-state index contributed by atoms with van der Waals surface area (Å²) in [6, 6.07) is 4.97. The Morgan fingerprint density at radius 2 is 2.00 bits per heavy atom. The first-order valence-corrected chi connectivity index (χ1v) is 10.3. The van der Waals surface area contributed by atoms with Crippen LogP contribution in [0.3, 0.4) is 0 Å². The van der Waals surface area contributed by atoms with E-state index in [0.717, 1.165) is 23.6 Å². The molecular formula is C21H24N4O4. The van der Waals surface area contributed by atoms with Crippen molar-refractivity contribution in [3.05, 3.63) is 34.9 Å². The van der Waals surface area contributed by atoms with Gasteiger partial charge < -0.3 is 10.6 Å². The molecule has 152 valence electrons. The minimum absolute atomic E-state index is 0.120. The first-order valence-electron chi connectivity index (χ1n) is 10.3. The molecular weight excluding hydrogens is 372 g/mol. The number of rotatable bonds is 5. The van der Waals surface area contributed by atoms with Gasteiger partial charge in [0, 0.05) is 32.1 Å². The maximum absolute atomic E-state index is 13.1. The third-order valence-corrected chi connectivity index (χ3v) is 6.84. The van der Waals surface area contributed by atoms with Crippen molar-refractivity contribution in [2.24, 2.45) is 5.41 Å². The minimum Gasteiger partial charge on any atom is -0.313 e. The van der Waals surface area contributed by atoms with Crippen LogP contribution in [-0.2, 0) is 16.1 Å². The molecule has 1 aromatic carbocycles. The van der Waals surface area contributed by atoms with Gasteiger partial charge in [-0.1, -0.05) is 12.1 Å². The number of carbonyl (C=O) groups excluding carboxylic acids is 4. The smallest absolute Gasteiger partial charge is 0.262 e. The fourth-order valence-corrected chi connectivity index (χ4v) is 5.32. The first-order chi connectivity index (χ1) is 14.0. The van der Waals surface area contributed by atoms with Gasteiger partial charge in [-0.2, -0.15) is 0 Å². The standard InChI is InChI=1S/C21H24N4O4/c26-16-5-4-15(18(27)24-16)25-19(28)14-3-1-2-12(17(14)20(25)29)9-22-10-21-7-6-13(8-21)23-11-21/h1-3,13,15,22-23H,4-11H2,(H,24,26,27). The van der Waals surface area contributed by atoms with E-state index in [0.29, 0.717) is 29.1 Å². The third kappa shape index (κ3) is 2.98. The molecule has 1 aliphatic carbocycles. The molecule has 0 radical (unpaired) electrons. The van der Waals surface area contributed by atoms with E-state index >= 15 is 0 Å². The molecule has 1 aromatic rings. The van der Waals surface area contributed by atoms with Crippen LogP contribution in [0.25, 0.3) is 0 Å². The number of benzene rings is 1. The molecule has 0 aromatic heterocycles. The van der Waals surface area contributed by atoms with Crippen LogP contribution < -0.4 is 16.0 Å². The lowest BCUT2D eigenvalue weighted by Gasteiger charge is -2.28. The zero-order chi connectivity index (χ0) is 20.2. The largest absolute Gasteiger partial charge is 0.313 e. The van der Waals surface area contributed by atoms with Crippen molar-refractivity contribution in [2.75, 3.05) is 13.1 Å². The lowest BCUT2D eigenvalue weighted by Crippen LogP contribution is -2.54. The van der Waals surface area contributed by atoms with Crippen molar-refractivity contribution < 1.29 is 19.2 Å². The molecule has 3 heterocycles. The summed E-state index contributed by atoms with van der Waals surface area (Å²) in [4.78, 5) is 50.6. The van der Waals surface area contributed by atoms with Crippen molar-refractivity contribution in [2.45, 2.75) is 50.7 Å². The first kappa shape index (κ1) is 18.4. The molecule has 4 amide bonds. The normalized spacial score (nSPS) is 30.8. The monoisotopic (exact) mass is 396 g/mol. The maximum atomic E-state index is 13.1. The third-order valence-electron chi connectivity index (χ3n) is 6.84. The molecule has 2 saturated heterocycles. The Morgan fingerprint density at radius 1 is 1.14 bits per heavy atom. The van der Waals surface area contributed by atoms with Crippen LogP contribution in [-0.4, -0.2) is 53.7 Å². The molecule has 8 nitrogen and oxygen atoms in total. The Hall–Kier alpha value is -2.58. The highest BCUT2D eigenvalue weighted by molar-refractivity contribution is 6.24. The highest BCUT2D eigenvalue weighted by atomic mass is 16.2. The summed E-state index contributed by atoms with van der Waals surface area (Å²) >= 11 is 0. The Morgan fingerprint density at radius 3 is 2.69 bits per heavy atom. The van der Waals surface area contributed by atoms with E-state index in [9.17, 15) is 19.2 Å². The topological polar surface area (TPSA) is 108 Å². The van der Waals surface area contributed by atoms with Crippen LogP contribution in [0.4, 0.5) is 0 Å². The number of amides is 4. The summed E-state index contributed by atoms with van der Waals surface area (Å²) in [6.45, 7) is 2.40. The van der Waals surface area contributed by atoms with Crippen molar-refractivity contribution in [1.29, 1.82) is 0 Å². The average molecular weight is 396 g/mol. The number of imide groups is 2. The van der Waals surface area contributed by atoms with Crippen LogP contribution in [0.2, 0.25) is 0 Å². The number of hydrogen-bond donors (Lipinski definition) is 3. The summed E-state index contributed by atoms with van der Waals surface area (Å²) in [5, 5.41) is 9.26. The average Bonchev–Trinajstić information content (AvgIpc) is 3.36. The summed E-state index contributed by atoms with van der Waals surface area (Å²) in [7, 11) is 0. The Labute approximate surface area is 168 Å². The second-order valence-corrected chi connectivity index (χ2v) is 8.71. The Bertz CT molecular complexity index is 919. The van der Waals surface area contributed by atoms with Crippen LogP contribution in [0.15, 0.2) is 18.2 Å². The van der Waals surface area contributed by atoms with E-state index in [-0.39, 0.29) is 18.7 Å². The van der Waals surface area contributed by atoms with Gasteiger partial charge >= 0.3 is 0 Å². The number of fused-ring (bicyclic) bond motifs is 3. The van der Waals surface area contributed by atoms with Crippen LogP contribution >= 0.6 is 0 Å². The molecule has 29 heavy (non-hydrogen) atoms. The molecule has 3 N–H and O–H groups in total. The zero-order valence-corrected chi connectivity index (χ0v) is 16.1. The molecule has 8 heteroatoms. The van der Waals surface area contributed by atoms with Gasteiger partial charge in [0.05, 0.1) is 11.1 Å². The van der Waals surface area contributed by atoms with Crippen molar-refractivity contribution >= 4 is 23.6 Å². The molecule has 4 aliphatic rings. The van der Waals surface area contributed by atoms with Crippen LogP contribution in [0, 0.1) is 5.41 Å². The number of nitrogens with zero attached hydrogens (tertiary/aromatic N) is 1.